The van der Waals surface area contributed by atoms with E-state index < -0.39 is 20.5 Å². The minimum atomic E-state index is -3.20. The van der Waals surface area contributed by atoms with E-state index in [4.69, 9.17) is 5.73 Å². The fourth-order valence-electron chi connectivity index (χ4n) is 2.79. The van der Waals surface area contributed by atoms with Crippen LogP contribution in [0.3, 0.4) is 0 Å². The summed E-state index contributed by atoms with van der Waals surface area (Å²) in [6.45, 7) is -0.0123. The van der Waals surface area contributed by atoms with Gasteiger partial charge in [-0.05, 0) is 5.56 Å². The SMILES string of the molecule is CS(=O)(=O)[C@H]1[C@H](c2ccccc2)[C@@]1(CN)CO. The number of benzene rings is 1. The van der Waals surface area contributed by atoms with E-state index in [9.17, 15) is 13.5 Å². The molecule has 0 spiro atoms. The van der Waals surface area contributed by atoms with E-state index in [0.717, 1.165) is 5.56 Å². The molecule has 0 aromatic heterocycles. The first kappa shape index (κ1) is 12.5. The minimum absolute atomic E-state index is 0.181. The van der Waals surface area contributed by atoms with Crippen LogP contribution < -0.4 is 5.73 Å². The van der Waals surface area contributed by atoms with Crippen LogP contribution in [0, 0.1) is 5.41 Å². The molecular formula is C12H17NO3S. The summed E-state index contributed by atoms with van der Waals surface area (Å²) in [7, 11) is -3.20. The lowest BCUT2D eigenvalue weighted by atomic mass is 10.0. The van der Waals surface area contributed by atoms with Crippen LogP contribution in [0.5, 0.6) is 0 Å². The maximum atomic E-state index is 11.7. The zero-order valence-electron chi connectivity index (χ0n) is 9.70. The van der Waals surface area contributed by atoms with Gasteiger partial charge < -0.3 is 10.8 Å². The lowest BCUT2D eigenvalue weighted by molar-refractivity contribution is 0.212. The summed E-state index contributed by atoms with van der Waals surface area (Å²) < 4.78 is 23.5. The first-order valence-electron chi connectivity index (χ1n) is 5.52. The normalized spacial score (nSPS) is 32.4. The van der Waals surface area contributed by atoms with Gasteiger partial charge in [-0.2, -0.15) is 0 Å². The summed E-state index contributed by atoms with van der Waals surface area (Å²) in [6, 6.07) is 9.38. The second kappa shape index (κ2) is 4.08. The highest BCUT2D eigenvalue weighted by Crippen LogP contribution is 2.61. The van der Waals surface area contributed by atoms with E-state index >= 15 is 0 Å². The van der Waals surface area contributed by atoms with E-state index in [1.165, 1.54) is 6.26 Å². The Bertz CT molecular complexity index is 494. The second-order valence-corrected chi connectivity index (χ2v) is 6.90. The molecular weight excluding hydrogens is 238 g/mol. The molecule has 3 N–H and O–H groups in total. The largest absolute Gasteiger partial charge is 0.396 e. The average molecular weight is 255 g/mol. The summed E-state index contributed by atoms with van der Waals surface area (Å²) in [6.07, 6.45) is 1.21. The molecule has 1 saturated carbocycles. The quantitative estimate of drug-likeness (QED) is 0.801. The van der Waals surface area contributed by atoms with E-state index in [1.54, 1.807) is 0 Å². The molecule has 1 fully saturated rings. The Labute approximate surface area is 101 Å². The summed E-state index contributed by atoms with van der Waals surface area (Å²) in [5.74, 6) is -0.186. The number of nitrogens with two attached hydrogens (primary N) is 1. The fourth-order valence-corrected chi connectivity index (χ4v) is 4.80. The van der Waals surface area contributed by atoms with Crippen LogP contribution in [0.15, 0.2) is 30.3 Å². The van der Waals surface area contributed by atoms with E-state index in [0.29, 0.717) is 0 Å². The highest BCUT2D eigenvalue weighted by Gasteiger charge is 2.68. The Hall–Kier alpha value is -0.910. The van der Waals surface area contributed by atoms with Crippen molar-refractivity contribution in [3.05, 3.63) is 35.9 Å². The maximum Gasteiger partial charge on any atom is 0.151 e. The Morgan fingerprint density at radius 1 is 1.35 bits per heavy atom. The summed E-state index contributed by atoms with van der Waals surface area (Å²) >= 11 is 0. The Balaban J connectivity index is 2.42. The maximum absolute atomic E-state index is 11.7. The van der Waals surface area contributed by atoms with Crippen molar-refractivity contribution in [2.45, 2.75) is 11.2 Å². The van der Waals surface area contributed by atoms with Crippen molar-refractivity contribution in [1.29, 1.82) is 0 Å². The molecule has 2 rings (SSSR count). The molecule has 94 valence electrons. The van der Waals surface area contributed by atoms with Gasteiger partial charge in [0.05, 0.1) is 11.9 Å². The molecule has 0 heterocycles. The smallest absolute Gasteiger partial charge is 0.151 e. The highest BCUT2D eigenvalue weighted by atomic mass is 32.2. The lowest BCUT2D eigenvalue weighted by Gasteiger charge is -2.11. The van der Waals surface area contributed by atoms with Crippen LogP contribution in [-0.2, 0) is 9.84 Å². The van der Waals surface area contributed by atoms with E-state index in [1.807, 2.05) is 30.3 Å². The van der Waals surface area contributed by atoms with Gasteiger partial charge >= 0.3 is 0 Å². The molecule has 0 unspecified atom stereocenters. The first-order chi connectivity index (χ1) is 7.97. The molecule has 1 aliphatic rings. The van der Waals surface area contributed by atoms with Crippen molar-refractivity contribution < 1.29 is 13.5 Å². The molecule has 0 amide bonds. The standard InChI is InChI=1S/C12H17NO3S/c1-17(15,16)11-10(12(11,7-13)8-14)9-5-3-2-4-6-9/h2-6,10-11,14H,7-8,13H2,1H3/t10-,11-,12+/m0/s1. The fraction of sp³-hybridized carbons (Fsp3) is 0.500. The van der Waals surface area contributed by atoms with E-state index in [-0.39, 0.29) is 19.1 Å². The predicted octanol–water partition coefficient (Wildman–Crippen LogP) is 0.134. The number of hydrogen-bond donors (Lipinski definition) is 2. The van der Waals surface area contributed by atoms with Crippen LogP contribution in [0.2, 0.25) is 0 Å². The molecule has 0 aliphatic heterocycles. The van der Waals surface area contributed by atoms with Crippen molar-refractivity contribution >= 4 is 9.84 Å². The van der Waals surface area contributed by atoms with Crippen molar-refractivity contribution in [3.8, 4) is 0 Å². The Morgan fingerprint density at radius 2 is 1.94 bits per heavy atom. The van der Waals surface area contributed by atoms with E-state index in [2.05, 4.69) is 0 Å². The van der Waals surface area contributed by atoms with Crippen LogP contribution in [0.4, 0.5) is 0 Å². The molecule has 1 aromatic carbocycles. The third-order valence-electron chi connectivity index (χ3n) is 3.67. The van der Waals surface area contributed by atoms with Crippen LogP contribution in [0.25, 0.3) is 0 Å². The third-order valence-corrected chi connectivity index (χ3v) is 5.34. The molecule has 3 atom stereocenters. The van der Waals surface area contributed by atoms with Gasteiger partial charge in [-0.15, -0.1) is 0 Å². The van der Waals surface area contributed by atoms with Crippen LogP contribution in [-0.4, -0.2) is 38.2 Å². The number of rotatable bonds is 4. The Kier molecular flexibility index (Phi) is 3.01. The molecule has 1 aromatic rings. The van der Waals surface area contributed by atoms with Gasteiger partial charge in [0.15, 0.2) is 9.84 Å². The number of hydrogen-bond acceptors (Lipinski definition) is 4. The van der Waals surface area contributed by atoms with Crippen LogP contribution in [0.1, 0.15) is 11.5 Å². The summed E-state index contributed by atoms with van der Waals surface area (Å²) in [5, 5.41) is 8.91. The van der Waals surface area contributed by atoms with Crippen LogP contribution >= 0.6 is 0 Å². The van der Waals surface area contributed by atoms with Gasteiger partial charge in [-0.3, -0.25) is 0 Å². The molecule has 0 radical (unpaired) electrons. The number of sulfone groups is 1. The summed E-state index contributed by atoms with van der Waals surface area (Å²) in [4.78, 5) is 0. The van der Waals surface area contributed by atoms with Gasteiger partial charge in [0.1, 0.15) is 0 Å². The zero-order chi connectivity index (χ0) is 12.7. The van der Waals surface area contributed by atoms with Crippen molar-refractivity contribution in [2.75, 3.05) is 19.4 Å². The highest BCUT2D eigenvalue weighted by molar-refractivity contribution is 7.91. The topological polar surface area (TPSA) is 80.4 Å². The third kappa shape index (κ3) is 1.88. The number of aliphatic hydroxyl groups is 1. The van der Waals surface area contributed by atoms with Crippen molar-refractivity contribution in [1.82, 2.24) is 0 Å². The first-order valence-corrected chi connectivity index (χ1v) is 7.47. The van der Waals surface area contributed by atoms with Gasteiger partial charge in [0, 0.05) is 24.1 Å². The van der Waals surface area contributed by atoms with Gasteiger partial charge in [-0.1, -0.05) is 30.3 Å². The lowest BCUT2D eigenvalue weighted by Crippen LogP contribution is -2.27. The molecule has 0 saturated heterocycles. The van der Waals surface area contributed by atoms with Crippen molar-refractivity contribution in [3.63, 3.8) is 0 Å². The minimum Gasteiger partial charge on any atom is -0.396 e. The molecule has 1 aliphatic carbocycles. The molecule has 5 heteroatoms. The average Bonchev–Trinajstić information content (AvgIpc) is 3.00. The monoisotopic (exact) mass is 255 g/mol. The zero-order valence-corrected chi connectivity index (χ0v) is 10.5. The molecule has 4 nitrogen and oxygen atoms in total. The Morgan fingerprint density at radius 3 is 2.29 bits per heavy atom. The van der Waals surface area contributed by atoms with Gasteiger partial charge in [0.2, 0.25) is 0 Å². The van der Waals surface area contributed by atoms with Gasteiger partial charge in [0.25, 0.3) is 0 Å². The summed E-state index contributed by atoms with van der Waals surface area (Å²) in [5.41, 5.74) is 5.90. The molecule has 17 heavy (non-hydrogen) atoms. The van der Waals surface area contributed by atoms with Crippen molar-refractivity contribution in [2.24, 2.45) is 11.1 Å². The predicted molar refractivity (Wildman–Crippen MR) is 66.4 cm³/mol. The second-order valence-electron chi connectivity index (χ2n) is 4.73. The number of aliphatic hydroxyl groups excluding tert-OH is 1. The molecule has 0 bridgehead atoms. The van der Waals surface area contributed by atoms with Gasteiger partial charge in [-0.25, -0.2) is 8.42 Å².